The van der Waals surface area contributed by atoms with Crippen molar-refractivity contribution in [3.8, 4) is 0 Å². The van der Waals surface area contributed by atoms with Crippen molar-refractivity contribution < 1.29 is 9.59 Å². The fraction of sp³-hybridized carbons (Fsp3) is 0.462. The first kappa shape index (κ1) is 20.3. The van der Waals surface area contributed by atoms with E-state index in [4.69, 9.17) is 0 Å². The average Bonchev–Trinajstić information content (AvgIpc) is 3.32. The second-order valence-electron chi connectivity index (χ2n) is 9.14. The lowest BCUT2D eigenvalue weighted by Gasteiger charge is -2.36. The number of amides is 2. The highest BCUT2D eigenvalue weighted by Gasteiger charge is 2.34. The van der Waals surface area contributed by atoms with Crippen molar-refractivity contribution in [3.05, 3.63) is 71.3 Å². The molecule has 5 heteroatoms. The summed E-state index contributed by atoms with van der Waals surface area (Å²) in [5.41, 5.74) is 3.30. The Morgan fingerprint density at radius 3 is 2.42 bits per heavy atom. The van der Waals surface area contributed by atoms with E-state index >= 15 is 0 Å². The van der Waals surface area contributed by atoms with Gasteiger partial charge in [0.1, 0.15) is 6.54 Å². The summed E-state index contributed by atoms with van der Waals surface area (Å²) < 4.78 is 0. The van der Waals surface area contributed by atoms with Crippen LogP contribution < -0.4 is 0 Å². The van der Waals surface area contributed by atoms with Crippen LogP contribution in [-0.4, -0.2) is 71.8 Å². The van der Waals surface area contributed by atoms with E-state index in [2.05, 4.69) is 35.2 Å². The van der Waals surface area contributed by atoms with E-state index in [0.717, 1.165) is 50.1 Å². The molecule has 1 atom stereocenters. The van der Waals surface area contributed by atoms with E-state index in [1.54, 1.807) is 4.90 Å². The number of likely N-dealkylation sites (tertiary alicyclic amines) is 2. The molecule has 0 bridgehead atoms. The van der Waals surface area contributed by atoms with E-state index in [0.29, 0.717) is 18.5 Å². The predicted molar refractivity (Wildman–Crippen MR) is 121 cm³/mol. The van der Waals surface area contributed by atoms with Crippen LogP contribution in [-0.2, 0) is 11.2 Å². The monoisotopic (exact) mass is 417 g/mol. The van der Waals surface area contributed by atoms with Gasteiger partial charge in [0.2, 0.25) is 5.91 Å². The summed E-state index contributed by atoms with van der Waals surface area (Å²) >= 11 is 0. The van der Waals surface area contributed by atoms with Crippen molar-refractivity contribution in [2.45, 2.75) is 37.6 Å². The second kappa shape index (κ2) is 8.83. The number of rotatable bonds is 4. The smallest absolute Gasteiger partial charge is 0.254 e. The zero-order chi connectivity index (χ0) is 21.2. The van der Waals surface area contributed by atoms with Gasteiger partial charge in [0.05, 0.1) is 0 Å². The van der Waals surface area contributed by atoms with Crippen LogP contribution in [0.5, 0.6) is 0 Å². The van der Waals surface area contributed by atoms with Crippen molar-refractivity contribution in [2.75, 3.05) is 39.3 Å². The van der Waals surface area contributed by atoms with Gasteiger partial charge >= 0.3 is 0 Å². The van der Waals surface area contributed by atoms with Crippen molar-refractivity contribution in [3.63, 3.8) is 0 Å². The van der Waals surface area contributed by atoms with E-state index in [1.165, 1.54) is 18.4 Å². The molecule has 5 nitrogen and oxygen atoms in total. The molecule has 0 spiro atoms. The molecule has 3 aliphatic heterocycles. The zero-order valence-corrected chi connectivity index (χ0v) is 18.1. The molecule has 2 aromatic rings. The fourth-order valence-corrected chi connectivity index (χ4v) is 5.48. The van der Waals surface area contributed by atoms with Gasteiger partial charge in [-0.1, -0.05) is 48.5 Å². The van der Waals surface area contributed by atoms with Crippen LogP contribution in [0, 0.1) is 0 Å². The molecule has 31 heavy (non-hydrogen) atoms. The number of fused-ring (bicyclic) bond motifs is 1. The van der Waals surface area contributed by atoms with Gasteiger partial charge in [-0.25, -0.2) is 0 Å². The van der Waals surface area contributed by atoms with E-state index in [-0.39, 0.29) is 18.4 Å². The minimum Gasteiger partial charge on any atom is -0.340 e. The van der Waals surface area contributed by atoms with Crippen molar-refractivity contribution >= 4 is 11.8 Å². The Morgan fingerprint density at radius 1 is 0.871 bits per heavy atom. The SMILES string of the molecule is O=C(CN1CCc2ccccc2C1=O)N1CCC(N2CCC(c3ccccc3)CC2)C1. The average molecular weight is 418 g/mol. The van der Waals surface area contributed by atoms with Crippen molar-refractivity contribution in [1.29, 1.82) is 0 Å². The van der Waals surface area contributed by atoms with Crippen LogP contribution in [0.15, 0.2) is 54.6 Å². The van der Waals surface area contributed by atoms with Crippen LogP contribution in [0.2, 0.25) is 0 Å². The first-order chi connectivity index (χ1) is 15.2. The third-order valence-corrected chi connectivity index (χ3v) is 7.35. The number of hydrogen-bond acceptors (Lipinski definition) is 3. The van der Waals surface area contributed by atoms with E-state index < -0.39 is 0 Å². The number of piperidine rings is 1. The predicted octanol–water partition coefficient (Wildman–Crippen LogP) is 3.17. The molecule has 0 N–H and O–H groups in total. The van der Waals surface area contributed by atoms with Gasteiger partial charge in [-0.05, 0) is 61.9 Å². The molecule has 2 saturated heterocycles. The molecule has 5 rings (SSSR count). The van der Waals surface area contributed by atoms with Crippen LogP contribution >= 0.6 is 0 Å². The van der Waals surface area contributed by atoms with Gasteiger partial charge in [0.25, 0.3) is 5.91 Å². The largest absolute Gasteiger partial charge is 0.340 e. The lowest BCUT2D eigenvalue weighted by Crippen LogP contribution is -2.46. The highest BCUT2D eigenvalue weighted by Crippen LogP contribution is 2.30. The first-order valence-electron chi connectivity index (χ1n) is 11.6. The van der Waals surface area contributed by atoms with Gasteiger partial charge in [0, 0.05) is 31.2 Å². The maximum absolute atomic E-state index is 13.0. The number of carbonyl (C=O) groups excluding carboxylic acids is 2. The first-order valence-corrected chi connectivity index (χ1v) is 11.6. The second-order valence-corrected chi connectivity index (χ2v) is 9.14. The Labute approximate surface area is 184 Å². The van der Waals surface area contributed by atoms with Crippen LogP contribution in [0.3, 0.4) is 0 Å². The Kier molecular flexibility index (Phi) is 5.77. The molecule has 0 saturated carbocycles. The highest BCUT2D eigenvalue weighted by atomic mass is 16.2. The van der Waals surface area contributed by atoms with Crippen LogP contribution in [0.25, 0.3) is 0 Å². The standard InChI is InChI=1S/C26H31N3O2/c30-25(19-29-16-12-22-8-4-5-9-24(22)26(29)31)28-17-13-23(18-28)27-14-10-21(11-15-27)20-6-2-1-3-7-20/h1-9,21,23H,10-19H2. The summed E-state index contributed by atoms with van der Waals surface area (Å²) in [7, 11) is 0. The molecule has 0 aliphatic carbocycles. The Balaban J connectivity index is 1.13. The summed E-state index contributed by atoms with van der Waals surface area (Å²) in [6.07, 6.45) is 4.25. The summed E-state index contributed by atoms with van der Waals surface area (Å²) in [6, 6.07) is 19.1. The van der Waals surface area contributed by atoms with Crippen LogP contribution in [0.1, 0.15) is 46.7 Å². The Hall–Kier alpha value is -2.66. The molecule has 0 radical (unpaired) electrons. The number of carbonyl (C=O) groups is 2. The van der Waals surface area contributed by atoms with Gasteiger partial charge < -0.3 is 9.80 Å². The quantitative estimate of drug-likeness (QED) is 0.768. The molecule has 2 fully saturated rings. The molecular formula is C26H31N3O2. The normalized spacial score (nSPS) is 22.6. The van der Waals surface area contributed by atoms with E-state index in [1.807, 2.05) is 29.2 Å². The summed E-state index contributed by atoms with van der Waals surface area (Å²) in [5, 5.41) is 0. The third kappa shape index (κ3) is 4.24. The molecular weight excluding hydrogens is 386 g/mol. The third-order valence-electron chi connectivity index (χ3n) is 7.35. The minimum atomic E-state index is -0.00562. The number of nitrogens with zero attached hydrogens (tertiary/aromatic N) is 3. The topological polar surface area (TPSA) is 43.9 Å². The number of hydrogen-bond donors (Lipinski definition) is 0. The lowest BCUT2D eigenvalue weighted by molar-refractivity contribution is -0.131. The van der Waals surface area contributed by atoms with Gasteiger partial charge in [-0.3, -0.25) is 14.5 Å². The van der Waals surface area contributed by atoms with Gasteiger partial charge in [-0.15, -0.1) is 0 Å². The summed E-state index contributed by atoms with van der Waals surface area (Å²) in [4.78, 5) is 32.0. The summed E-state index contributed by atoms with van der Waals surface area (Å²) in [5.74, 6) is 0.743. The van der Waals surface area contributed by atoms with E-state index in [9.17, 15) is 9.59 Å². The van der Waals surface area contributed by atoms with Crippen molar-refractivity contribution in [1.82, 2.24) is 14.7 Å². The lowest BCUT2D eigenvalue weighted by atomic mass is 9.89. The molecule has 1 unspecified atom stereocenters. The molecule has 2 aromatic carbocycles. The van der Waals surface area contributed by atoms with Gasteiger partial charge in [0.15, 0.2) is 0 Å². The maximum Gasteiger partial charge on any atom is 0.254 e. The molecule has 162 valence electrons. The van der Waals surface area contributed by atoms with Crippen LogP contribution in [0.4, 0.5) is 0 Å². The maximum atomic E-state index is 13.0. The van der Waals surface area contributed by atoms with Gasteiger partial charge in [-0.2, -0.15) is 0 Å². The highest BCUT2D eigenvalue weighted by molar-refractivity contribution is 5.98. The minimum absolute atomic E-state index is 0.00562. The number of benzene rings is 2. The summed E-state index contributed by atoms with van der Waals surface area (Å²) in [6.45, 7) is 4.65. The fourth-order valence-electron chi connectivity index (χ4n) is 5.48. The Bertz CT molecular complexity index is 937. The van der Waals surface area contributed by atoms with Crippen molar-refractivity contribution in [2.24, 2.45) is 0 Å². The molecule has 3 heterocycles. The molecule has 0 aromatic heterocycles. The Morgan fingerprint density at radius 2 is 1.61 bits per heavy atom. The zero-order valence-electron chi connectivity index (χ0n) is 18.1. The molecule has 3 aliphatic rings. The molecule has 2 amide bonds.